The molecule has 1 unspecified atom stereocenters. The lowest BCUT2D eigenvalue weighted by atomic mass is 10.0. The lowest BCUT2D eigenvalue weighted by molar-refractivity contribution is 0.431. The fourth-order valence-corrected chi connectivity index (χ4v) is 0.819. The van der Waals surface area contributed by atoms with Crippen molar-refractivity contribution in [2.75, 3.05) is 0 Å². The van der Waals surface area contributed by atoms with Gasteiger partial charge in [0.15, 0.2) is 0 Å². The molecular weight excluding hydrogens is 188 g/mol. The number of hydrogen-bond acceptors (Lipinski definition) is 2. The molecule has 15 heavy (non-hydrogen) atoms. The molecule has 2 nitrogen and oxygen atoms in total. The molecule has 2 N–H and O–H groups in total. The highest BCUT2D eigenvalue weighted by Crippen LogP contribution is 2.12. The van der Waals surface area contributed by atoms with Gasteiger partial charge in [0.05, 0.1) is 0 Å². The van der Waals surface area contributed by atoms with E-state index >= 15 is 0 Å². The normalized spacial score (nSPS) is 14.7. The Labute approximate surface area is 91.3 Å². The highest BCUT2D eigenvalue weighted by molar-refractivity contribution is 5.27. The van der Waals surface area contributed by atoms with Crippen molar-refractivity contribution >= 4 is 0 Å². The second-order valence-electron chi connectivity index (χ2n) is 3.26. The van der Waals surface area contributed by atoms with Crippen LogP contribution in [-0.4, -0.2) is 10.2 Å². The Morgan fingerprint density at radius 3 is 2.20 bits per heavy atom. The number of rotatable bonds is 5. The van der Waals surface area contributed by atoms with Gasteiger partial charge in [0, 0.05) is 0 Å². The molecule has 0 saturated carbocycles. The maximum absolute atomic E-state index is 9.17. The fourth-order valence-electron chi connectivity index (χ4n) is 0.819. The summed E-state index contributed by atoms with van der Waals surface area (Å²) in [6.07, 6.45) is 8.24. The molecule has 0 saturated heterocycles. The van der Waals surface area contributed by atoms with Crippen LogP contribution in [0.1, 0.15) is 13.8 Å². The van der Waals surface area contributed by atoms with Gasteiger partial charge in [-0.05, 0) is 36.6 Å². The van der Waals surface area contributed by atoms with E-state index in [2.05, 4.69) is 13.2 Å². The molecular formula is C13H18O2. The molecule has 0 aromatic heterocycles. The minimum atomic E-state index is 0.0231. The van der Waals surface area contributed by atoms with E-state index in [9.17, 15) is 0 Å². The number of allylic oxidation sites excluding steroid dienone is 6. The maximum atomic E-state index is 9.17. The SMILES string of the molecule is C=C(O)/C=C\C(C)C(=C)/C=C\C(O)=C/C. The highest BCUT2D eigenvalue weighted by atomic mass is 16.3. The Balaban J connectivity index is 4.34. The molecule has 0 aliphatic carbocycles. The molecule has 0 radical (unpaired) electrons. The van der Waals surface area contributed by atoms with Gasteiger partial charge in [-0.1, -0.05) is 32.2 Å². The van der Waals surface area contributed by atoms with E-state index in [1.165, 1.54) is 6.08 Å². The molecule has 0 aliphatic rings. The topological polar surface area (TPSA) is 40.5 Å². The molecule has 0 heterocycles. The van der Waals surface area contributed by atoms with Crippen molar-refractivity contribution in [3.8, 4) is 0 Å². The molecule has 2 heteroatoms. The van der Waals surface area contributed by atoms with Gasteiger partial charge in [-0.3, -0.25) is 0 Å². The van der Waals surface area contributed by atoms with Crippen LogP contribution >= 0.6 is 0 Å². The zero-order valence-corrected chi connectivity index (χ0v) is 9.27. The van der Waals surface area contributed by atoms with Crippen molar-refractivity contribution in [2.45, 2.75) is 13.8 Å². The van der Waals surface area contributed by atoms with Crippen LogP contribution in [0.2, 0.25) is 0 Å². The fraction of sp³-hybridized carbons (Fsp3) is 0.231. The quantitative estimate of drug-likeness (QED) is 0.530. The Morgan fingerprint density at radius 1 is 1.13 bits per heavy atom. The molecule has 0 amide bonds. The Hall–Kier alpha value is -1.70. The Morgan fingerprint density at radius 2 is 1.73 bits per heavy atom. The van der Waals surface area contributed by atoms with E-state index in [0.717, 1.165) is 5.57 Å². The molecule has 0 spiro atoms. The standard InChI is InChI=1S/C13H18O2/c1-5-13(15)9-7-11(3)10(2)6-8-12(4)14/h5-10,14-15H,3-4H2,1-2H3/b8-6-,9-7-,13-5+. The first-order valence-corrected chi connectivity index (χ1v) is 4.75. The average Bonchev–Trinajstić information content (AvgIpc) is 2.21. The predicted octanol–water partition coefficient (Wildman–Crippen LogP) is 3.82. The summed E-state index contributed by atoms with van der Waals surface area (Å²) in [6.45, 7) is 10.9. The molecule has 0 aromatic rings. The van der Waals surface area contributed by atoms with E-state index in [1.54, 1.807) is 31.2 Å². The van der Waals surface area contributed by atoms with Crippen LogP contribution in [0.5, 0.6) is 0 Å². The van der Waals surface area contributed by atoms with E-state index < -0.39 is 0 Å². The predicted molar refractivity (Wildman–Crippen MR) is 64.7 cm³/mol. The van der Waals surface area contributed by atoms with Crippen molar-refractivity contribution in [1.29, 1.82) is 0 Å². The second kappa shape index (κ2) is 6.71. The van der Waals surface area contributed by atoms with E-state index in [0.29, 0.717) is 0 Å². The van der Waals surface area contributed by atoms with Crippen molar-refractivity contribution in [3.05, 3.63) is 60.6 Å². The van der Waals surface area contributed by atoms with Gasteiger partial charge in [-0.25, -0.2) is 0 Å². The van der Waals surface area contributed by atoms with Crippen LogP contribution < -0.4 is 0 Å². The van der Waals surface area contributed by atoms with E-state index in [-0.39, 0.29) is 17.4 Å². The minimum absolute atomic E-state index is 0.0231. The zero-order chi connectivity index (χ0) is 11.8. The van der Waals surface area contributed by atoms with Gasteiger partial charge in [-0.2, -0.15) is 0 Å². The lowest BCUT2D eigenvalue weighted by Crippen LogP contribution is -1.91. The molecule has 0 aromatic carbocycles. The second-order valence-corrected chi connectivity index (χ2v) is 3.26. The first-order valence-electron chi connectivity index (χ1n) is 4.75. The van der Waals surface area contributed by atoms with Gasteiger partial charge < -0.3 is 10.2 Å². The monoisotopic (exact) mass is 206 g/mol. The summed E-state index contributed by atoms with van der Waals surface area (Å²) in [7, 11) is 0. The van der Waals surface area contributed by atoms with Crippen LogP contribution in [0.4, 0.5) is 0 Å². The smallest absolute Gasteiger partial charge is 0.111 e. The van der Waals surface area contributed by atoms with Crippen molar-refractivity contribution in [3.63, 3.8) is 0 Å². The highest BCUT2D eigenvalue weighted by Gasteiger charge is 1.98. The summed E-state index contributed by atoms with van der Waals surface area (Å²) in [5.41, 5.74) is 0.848. The summed E-state index contributed by atoms with van der Waals surface area (Å²) >= 11 is 0. The summed E-state index contributed by atoms with van der Waals surface area (Å²) in [4.78, 5) is 0. The number of hydrogen-bond donors (Lipinski definition) is 2. The third-order valence-corrected chi connectivity index (χ3v) is 1.93. The molecule has 0 rings (SSSR count). The van der Waals surface area contributed by atoms with Gasteiger partial charge in [-0.15, -0.1) is 0 Å². The first-order chi connectivity index (χ1) is 6.97. The third-order valence-electron chi connectivity index (χ3n) is 1.93. The largest absolute Gasteiger partial charge is 0.509 e. The van der Waals surface area contributed by atoms with Crippen molar-refractivity contribution in [2.24, 2.45) is 5.92 Å². The van der Waals surface area contributed by atoms with Crippen LogP contribution in [0, 0.1) is 5.92 Å². The van der Waals surface area contributed by atoms with Crippen molar-refractivity contribution < 1.29 is 10.2 Å². The van der Waals surface area contributed by atoms with Gasteiger partial charge in [0.25, 0.3) is 0 Å². The summed E-state index contributed by atoms with van der Waals surface area (Å²) in [5, 5.41) is 18.0. The van der Waals surface area contributed by atoms with E-state index in [1.807, 2.05) is 6.92 Å². The van der Waals surface area contributed by atoms with Crippen LogP contribution in [0.25, 0.3) is 0 Å². The summed E-state index contributed by atoms with van der Waals surface area (Å²) in [5.74, 6) is 0.323. The van der Waals surface area contributed by atoms with Crippen LogP contribution in [0.15, 0.2) is 60.6 Å². The molecule has 0 aliphatic heterocycles. The Kier molecular flexibility index (Phi) is 5.95. The summed E-state index contributed by atoms with van der Waals surface area (Å²) < 4.78 is 0. The lowest BCUT2D eigenvalue weighted by Gasteiger charge is -2.05. The number of aliphatic hydroxyl groups is 2. The third kappa shape index (κ3) is 6.38. The van der Waals surface area contributed by atoms with Crippen LogP contribution in [-0.2, 0) is 0 Å². The van der Waals surface area contributed by atoms with Gasteiger partial charge >= 0.3 is 0 Å². The zero-order valence-electron chi connectivity index (χ0n) is 9.27. The molecule has 0 bridgehead atoms. The Bertz CT molecular complexity index is 319. The van der Waals surface area contributed by atoms with Crippen molar-refractivity contribution in [1.82, 2.24) is 0 Å². The van der Waals surface area contributed by atoms with Crippen LogP contribution in [0.3, 0.4) is 0 Å². The molecule has 82 valence electrons. The van der Waals surface area contributed by atoms with E-state index in [4.69, 9.17) is 10.2 Å². The minimum Gasteiger partial charge on any atom is -0.509 e. The maximum Gasteiger partial charge on any atom is 0.111 e. The first kappa shape index (κ1) is 13.3. The average molecular weight is 206 g/mol. The molecule has 0 fully saturated rings. The van der Waals surface area contributed by atoms with Gasteiger partial charge in [0.2, 0.25) is 0 Å². The molecule has 1 atom stereocenters. The number of aliphatic hydroxyl groups excluding tert-OH is 2. The van der Waals surface area contributed by atoms with Gasteiger partial charge in [0.1, 0.15) is 11.5 Å². The summed E-state index contributed by atoms with van der Waals surface area (Å²) in [6, 6.07) is 0.